The van der Waals surface area contributed by atoms with E-state index in [4.69, 9.17) is 4.74 Å². The number of para-hydroxylation sites is 1. The van der Waals surface area contributed by atoms with Gasteiger partial charge in [-0.05, 0) is 37.1 Å². The number of hydrogen-bond acceptors (Lipinski definition) is 5. The summed E-state index contributed by atoms with van der Waals surface area (Å²) in [7, 11) is 1.49. The first-order chi connectivity index (χ1) is 15.5. The summed E-state index contributed by atoms with van der Waals surface area (Å²) in [6.07, 6.45) is 2.80. The number of carbonyl (C=O) groups excluding carboxylic acids is 1. The van der Waals surface area contributed by atoms with E-state index in [1.807, 2.05) is 13.1 Å². The van der Waals surface area contributed by atoms with Crippen molar-refractivity contribution in [1.29, 1.82) is 0 Å². The standard InChI is InChI=1S/C22H22F2N6O2/c1-14-11-26-29(13-14)9-5-8-25-22(31)16-12-27-30-18(20(23)24)10-17(28-21(16)30)15-6-3-4-7-19(15)32-2/h3-4,6-7,10-13,20H,5,8-9H2,1-2H3,(H,25,31). The van der Waals surface area contributed by atoms with Crippen LogP contribution in [-0.2, 0) is 6.54 Å². The number of alkyl halides is 2. The molecule has 0 aliphatic rings. The van der Waals surface area contributed by atoms with E-state index in [2.05, 4.69) is 20.5 Å². The van der Waals surface area contributed by atoms with E-state index in [0.717, 1.165) is 10.1 Å². The lowest BCUT2D eigenvalue weighted by molar-refractivity contribution is 0.0953. The first kappa shape index (κ1) is 21.4. The maximum atomic E-state index is 13.8. The van der Waals surface area contributed by atoms with Crippen LogP contribution in [0.2, 0.25) is 0 Å². The molecule has 8 nitrogen and oxygen atoms in total. The minimum atomic E-state index is -2.80. The van der Waals surface area contributed by atoms with Crippen LogP contribution in [0.5, 0.6) is 5.75 Å². The molecule has 0 radical (unpaired) electrons. The van der Waals surface area contributed by atoms with Gasteiger partial charge in [-0.25, -0.2) is 18.3 Å². The van der Waals surface area contributed by atoms with Gasteiger partial charge in [0.25, 0.3) is 12.3 Å². The van der Waals surface area contributed by atoms with Gasteiger partial charge in [0.1, 0.15) is 17.0 Å². The molecule has 4 rings (SSSR count). The lowest BCUT2D eigenvalue weighted by atomic mass is 10.1. The first-order valence-electron chi connectivity index (χ1n) is 10.1. The number of aromatic nitrogens is 5. The zero-order chi connectivity index (χ0) is 22.7. The molecule has 0 aliphatic heterocycles. The highest BCUT2D eigenvalue weighted by atomic mass is 19.3. The molecule has 1 aromatic carbocycles. The Morgan fingerprint density at radius 3 is 2.75 bits per heavy atom. The Labute approximate surface area is 182 Å². The molecule has 10 heteroatoms. The molecular formula is C22H22F2N6O2. The highest BCUT2D eigenvalue weighted by Gasteiger charge is 2.22. The van der Waals surface area contributed by atoms with Gasteiger partial charge >= 0.3 is 0 Å². The third-order valence-corrected chi connectivity index (χ3v) is 4.96. The van der Waals surface area contributed by atoms with E-state index in [9.17, 15) is 13.6 Å². The zero-order valence-electron chi connectivity index (χ0n) is 17.6. The molecule has 0 bridgehead atoms. The van der Waals surface area contributed by atoms with Crippen LogP contribution in [0.4, 0.5) is 8.78 Å². The van der Waals surface area contributed by atoms with Gasteiger partial charge in [0.2, 0.25) is 0 Å². The monoisotopic (exact) mass is 440 g/mol. The van der Waals surface area contributed by atoms with Crippen molar-refractivity contribution in [3.63, 3.8) is 0 Å². The molecule has 0 atom stereocenters. The number of aryl methyl sites for hydroxylation is 2. The number of amides is 1. The van der Waals surface area contributed by atoms with Crippen LogP contribution in [0.15, 0.2) is 48.9 Å². The smallest absolute Gasteiger partial charge is 0.280 e. The maximum Gasteiger partial charge on any atom is 0.280 e. The average molecular weight is 440 g/mol. The van der Waals surface area contributed by atoms with Gasteiger partial charge in [-0.3, -0.25) is 9.48 Å². The van der Waals surface area contributed by atoms with Crippen LogP contribution >= 0.6 is 0 Å². The van der Waals surface area contributed by atoms with Gasteiger partial charge in [0.15, 0.2) is 5.65 Å². The lowest BCUT2D eigenvalue weighted by Gasteiger charge is -2.11. The van der Waals surface area contributed by atoms with Gasteiger partial charge in [0, 0.05) is 24.8 Å². The van der Waals surface area contributed by atoms with Crippen LogP contribution in [0.1, 0.15) is 34.5 Å². The van der Waals surface area contributed by atoms with Crippen LogP contribution in [-0.4, -0.2) is 43.9 Å². The van der Waals surface area contributed by atoms with E-state index in [-0.39, 0.29) is 22.6 Å². The Kier molecular flexibility index (Phi) is 6.11. The quantitative estimate of drug-likeness (QED) is 0.423. The fourth-order valence-corrected chi connectivity index (χ4v) is 3.42. The number of nitrogens with one attached hydrogen (secondary N) is 1. The molecule has 3 aromatic heterocycles. The van der Waals surface area contributed by atoms with Crippen molar-refractivity contribution in [3.8, 4) is 17.0 Å². The van der Waals surface area contributed by atoms with Crippen molar-refractivity contribution in [2.75, 3.05) is 13.7 Å². The topological polar surface area (TPSA) is 86.3 Å². The van der Waals surface area contributed by atoms with E-state index in [1.54, 1.807) is 35.1 Å². The number of ether oxygens (including phenoxy) is 1. The third kappa shape index (κ3) is 4.29. The molecule has 1 amide bonds. The Morgan fingerprint density at radius 1 is 1.22 bits per heavy atom. The molecule has 3 heterocycles. The van der Waals surface area contributed by atoms with Crippen LogP contribution in [0.25, 0.3) is 16.9 Å². The molecule has 0 unspecified atom stereocenters. The molecule has 0 saturated carbocycles. The fraction of sp³-hybridized carbons (Fsp3) is 0.273. The van der Waals surface area contributed by atoms with Crippen LogP contribution in [0, 0.1) is 6.92 Å². The number of benzene rings is 1. The maximum absolute atomic E-state index is 13.8. The molecular weight excluding hydrogens is 418 g/mol. The Morgan fingerprint density at radius 2 is 2.03 bits per heavy atom. The summed E-state index contributed by atoms with van der Waals surface area (Å²) < 4.78 is 35.7. The Bertz CT molecular complexity index is 1250. The van der Waals surface area contributed by atoms with E-state index < -0.39 is 12.3 Å². The number of halogens is 2. The van der Waals surface area contributed by atoms with Crippen molar-refractivity contribution < 1.29 is 18.3 Å². The number of carbonyl (C=O) groups is 1. The van der Waals surface area contributed by atoms with Gasteiger partial charge in [-0.2, -0.15) is 10.2 Å². The molecule has 0 saturated heterocycles. The SMILES string of the molecule is COc1ccccc1-c1cc(C(F)F)n2ncc(C(=O)NCCCn3cc(C)cn3)c2n1. The van der Waals surface area contributed by atoms with E-state index >= 15 is 0 Å². The second kappa shape index (κ2) is 9.13. The molecule has 0 spiro atoms. The summed E-state index contributed by atoms with van der Waals surface area (Å²) in [6, 6.07) is 8.23. The third-order valence-electron chi connectivity index (χ3n) is 4.96. The molecule has 32 heavy (non-hydrogen) atoms. The first-order valence-corrected chi connectivity index (χ1v) is 10.1. The predicted molar refractivity (Wildman–Crippen MR) is 114 cm³/mol. The molecule has 0 fully saturated rings. The van der Waals surface area contributed by atoms with Gasteiger partial charge in [0.05, 0.1) is 25.2 Å². The lowest BCUT2D eigenvalue weighted by Crippen LogP contribution is -2.25. The summed E-state index contributed by atoms with van der Waals surface area (Å²) in [5, 5.41) is 11.0. The van der Waals surface area contributed by atoms with Crippen molar-refractivity contribution in [2.24, 2.45) is 0 Å². The second-order valence-corrected chi connectivity index (χ2v) is 7.25. The van der Waals surface area contributed by atoms with Crippen molar-refractivity contribution in [1.82, 2.24) is 29.7 Å². The molecule has 1 N–H and O–H groups in total. The van der Waals surface area contributed by atoms with Crippen LogP contribution < -0.4 is 10.1 Å². The summed E-state index contributed by atoms with van der Waals surface area (Å²) in [6.45, 7) is 2.99. The molecule has 166 valence electrons. The minimum absolute atomic E-state index is 0.0592. The Hall–Kier alpha value is -3.82. The van der Waals surface area contributed by atoms with Crippen molar-refractivity contribution >= 4 is 11.6 Å². The van der Waals surface area contributed by atoms with Crippen molar-refractivity contribution in [2.45, 2.75) is 26.3 Å². The van der Waals surface area contributed by atoms with Crippen LogP contribution in [0.3, 0.4) is 0 Å². The average Bonchev–Trinajstić information content (AvgIpc) is 3.41. The minimum Gasteiger partial charge on any atom is -0.496 e. The highest BCUT2D eigenvalue weighted by Crippen LogP contribution is 2.32. The number of hydrogen-bond donors (Lipinski definition) is 1. The van der Waals surface area contributed by atoms with Crippen molar-refractivity contribution in [3.05, 3.63) is 65.7 Å². The Balaban J connectivity index is 1.60. The van der Waals surface area contributed by atoms with E-state index in [0.29, 0.717) is 30.8 Å². The highest BCUT2D eigenvalue weighted by molar-refractivity contribution is 5.99. The predicted octanol–water partition coefficient (Wildman–Crippen LogP) is 3.67. The summed E-state index contributed by atoms with van der Waals surface area (Å²) in [4.78, 5) is 17.2. The normalized spacial score (nSPS) is 11.3. The number of methoxy groups -OCH3 is 1. The summed E-state index contributed by atoms with van der Waals surface area (Å²) >= 11 is 0. The molecule has 0 aliphatic carbocycles. The largest absolute Gasteiger partial charge is 0.496 e. The molecule has 4 aromatic rings. The fourth-order valence-electron chi connectivity index (χ4n) is 3.42. The number of nitrogens with zero attached hydrogens (tertiary/aromatic N) is 5. The summed E-state index contributed by atoms with van der Waals surface area (Å²) in [5.74, 6) is 0.0606. The summed E-state index contributed by atoms with van der Waals surface area (Å²) in [5.41, 5.74) is 1.70. The van der Waals surface area contributed by atoms with Gasteiger partial charge in [-0.1, -0.05) is 12.1 Å². The zero-order valence-corrected chi connectivity index (χ0v) is 17.6. The van der Waals surface area contributed by atoms with E-state index in [1.165, 1.54) is 19.4 Å². The second-order valence-electron chi connectivity index (χ2n) is 7.25. The number of fused-ring (bicyclic) bond motifs is 1. The number of rotatable bonds is 8. The van der Waals surface area contributed by atoms with Gasteiger partial charge in [-0.15, -0.1) is 0 Å². The van der Waals surface area contributed by atoms with Gasteiger partial charge < -0.3 is 10.1 Å².